The topological polar surface area (TPSA) is 64.0 Å². The molecule has 102 valence electrons. The van der Waals surface area contributed by atoms with Gasteiger partial charge in [-0.25, -0.2) is 4.98 Å². The maximum absolute atomic E-state index is 11.7. The molecule has 2 heterocycles. The third kappa shape index (κ3) is 3.74. The van der Waals surface area contributed by atoms with Crippen LogP contribution in [0.2, 0.25) is 0 Å². The van der Waals surface area contributed by atoms with Crippen LogP contribution >= 0.6 is 22.7 Å². The molecule has 7 heteroatoms. The summed E-state index contributed by atoms with van der Waals surface area (Å²) in [5.74, 6) is -0.0599. The number of carbonyl (C=O) groups excluding carboxylic acids is 1. The maximum Gasteiger partial charge on any atom is 0.307 e. The molecule has 2 rings (SSSR count). The van der Waals surface area contributed by atoms with Gasteiger partial charge in [-0.1, -0.05) is 11.3 Å². The van der Waals surface area contributed by atoms with Gasteiger partial charge in [-0.3, -0.25) is 9.59 Å². The molecule has 1 N–H and O–H groups in total. The van der Waals surface area contributed by atoms with Crippen LogP contribution in [0.1, 0.15) is 23.4 Å². The number of aryl methyl sites for hydroxylation is 2. The minimum Gasteiger partial charge on any atom is -0.303 e. The van der Waals surface area contributed by atoms with Crippen LogP contribution in [0, 0.1) is 13.8 Å². The van der Waals surface area contributed by atoms with E-state index in [4.69, 9.17) is 0 Å². The summed E-state index contributed by atoms with van der Waals surface area (Å²) in [6, 6.07) is 0. The predicted octanol–water partition coefficient (Wildman–Crippen LogP) is 2.40. The van der Waals surface area contributed by atoms with E-state index in [0.717, 1.165) is 10.6 Å². The number of nitrogens with one attached hydrogen (secondary N) is 1. The monoisotopic (exact) mass is 297 g/mol. The van der Waals surface area contributed by atoms with E-state index in [-0.39, 0.29) is 10.8 Å². The fourth-order valence-electron chi connectivity index (χ4n) is 1.67. The molecule has 0 aliphatic carbocycles. The smallest absolute Gasteiger partial charge is 0.303 e. The molecule has 19 heavy (non-hydrogen) atoms. The van der Waals surface area contributed by atoms with E-state index >= 15 is 0 Å². The second-order valence-corrected chi connectivity index (χ2v) is 6.28. The van der Waals surface area contributed by atoms with Crippen LogP contribution in [0.5, 0.6) is 0 Å². The van der Waals surface area contributed by atoms with Gasteiger partial charge in [-0.15, -0.1) is 11.3 Å². The van der Waals surface area contributed by atoms with E-state index in [9.17, 15) is 9.59 Å². The lowest BCUT2D eigenvalue weighted by atomic mass is 10.3. The number of rotatable bonds is 5. The first-order chi connectivity index (χ1) is 9.06. The van der Waals surface area contributed by atoms with Gasteiger partial charge < -0.3 is 9.88 Å². The largest absolute Gasteiger partial charge is 0.307 e. The van der Waals surface area contributed by atoms with Crippen molar-refractivity contribution in [1.82, 2.24) is 9.55 Å². The molecular weight excluding hydrogens is 282 g/mol. The standard InChI is InChI=1S/C12H15N3O2S2/c1-8-7-18-12(17)15(8)5-3-4-10(16)14-11-13-6-9(2)19-11/h6-7H,3-5H2,1-2H3,(H,13,14,16). The summed E-state index contributed by atoms with van der Waals surface area (Å²) in [7, 11) is 0. The van der Waals surface area contributed by atoms with Gasteiger partial charge in [0.1, 0.15) is 0 Å². The van der Waals surface area contributed by atoms with Crippen molar-refractivity contribution in [3.05, 3.63) is 31.8 Å². The highest BCUT2D eigenvalue weighted by Gasteiger charge is 2.07. The highest BCUT2D eigenvalue weighted by Crippen LogP contribution is 2.16. The molecule has 2 aromatic rings. The minimum absolute atomic E-state index is 0.0356. The van der Waals surface area contributed by atoms with Gasteiger partial charge in [0.05, 0.1) is 0 Å². The van der Waals surface area contributed by atoms with Crippen LogP contribution in [0.3, 0.4) is 0 Å². The van der Waals surface area contributed by atoms with Gasteiger partial charge in [-0.05, 0) is 20.3 Å². The second-order valence-electron chi connectivity index (χ2n) is 4.22. The van der Waals surface area contributed by atoms with Gasteiger partial charge in [0, 0.05) is 35.1 Å². The van der Waals surface area contributed by atoms with Gasteiger partial charge >= 0.3 is 4.87 Å². The number of hydrogen-bond donors (Lipinski definition) is 1. The zero-order chi connectivity index (χ0) is 13.8. The molecule has 0 saturated heterocycles. The van der Waals surface area contributed by atoms with Gasteiger partial charge in [-0.2, -0.15) is 0 Å². The van der Waals surface area contributed by atoms with Crippen LogP contribution in [-0.4, -0.2) is 15.5 Å². The molecule has 0 saturated carbocycles. The molecule has 0 radical (unpaired) electrons. The van der Waals surface area contributed by atoms with Gasteiger partial charge in [0.25, 0.3) is 0 Å². The lowest BCUT2D eigenvalue weighted by Crippen LogP contribution is -2.17. The quantitative estimate of drug-likeness (QED) is 0.921. The lowest BCUT2D eigenvalue weighted by molar-refractivity contribution is -0.116. The summed E-state index contributed by atoms with van der Waals surface area (Å²) in [5.41, 5.74) is 0.950. The van der Waals surface area contributed by atoms with E-state index in [1.165, 1.54) is 22.7 Å². The fourth-order valence-corrected chi connectivity index (χ4v) is 3.11. The van der Waals surface area contributed by atoms with Crippen molar-refractivity contribution in [2.75, 3.05) is 5.32 Å². The molecule has 0 aliphatic rings. The Morgan fingerprint density at radius 2 is 2.26 bits per heavy atom. The molecule has 0 spiro atoms. The highest BCUT2D eigenvalue weighted by atomic mass is 32.1. The van der Waals surface area contributed by atoms with Crippen molar-refractivity contribution in [3.8, 4) is 0 Å². The molecule has 0 atom stereocenters. The summed E-state index contributed by atoms with van der Waals surface area (Å²) < 4.78 is 1.70. The average Bonchev–Trinajstić information content (AvgIpc) is 2.89. The zero-order valence-electron chi connectivity index (χ0n) is 10.8. The van der Waals surface area contributed by atoms with Crippen LogP contribution in [0.25, 0.3) is 0 Å². The third-order valence-electron chi connectivity index (χ3n) is 2.63. The Kier molecular flexibility index (Phi) is 4.49. The molecule has 0 unspecified atom stereocenters. The molecule has 0 aliphatic heterocycles. The van der Waals surface area contributed by atoms with Crippen molar-refractivity contribution in [2.45, 2.75) is 33.2 Å². The second kappa shape index (κ2) is 6.12. The zero-order valence-corrected chi connectivity index (χ0v) is 12.4. The third-order valence-corrected chi connectivity index (χ3v) is 4.34. The number of amides is 1. The van der Waals surface area contributed by atoms with E-state index in [1.807, 2.05) is 19.2 Å². The minimum atomic E-state index is -0.0599. The first kappa shape index (κ1) is 14.0. The Morgan fingerprint density at radius 3 is 2.84 bits per heavy atom. The maximum atomic E-state index is 11.7. The molecule has 0 fully saturated rings. The van der Waals surface area contributed by atoms with E-state index in [1.54, 1.807) is 10.8 Å². The predicted molar refractivity (Wildman–Crippen MR) is 78.0 cm³/mol. The first-order valence-electron chi connectivity index (χ1n) is 5.93. The summed E-state index contributed by atoms with van der Waals surface area (Å²) in [6.45, 7) is 4.42. The van der Waals surface area contributed by atoms with Crippen LogP contribution in [0.4, 0.5) is 5.13 Å². The summed E-state index contributed by atoms with van der Waals surface area (Å²) in [4.78, 5) is 28.3. The summed E-state index contributed by atoms with van der Waals surface area (Å²) in [6.07, 6.45) is 2.77. The van der Waals surface area contributed by atoms with E-state index < -0.39 is 0 Å². The van der Waals surface area contributed by atoms with Gasteiger partial charge in [0.2, 0.25) is 5.91 Å². The Morgan fingerprint density at radius 1 is 1.47 bits per heavy atom. The van der Waals surface area contributed by atoms with Crippen molar-refractivity contribution >= 4 is 33.7 Å². The normalized spacial score (nSPS) is 10.6. The van der Waals surface area contributed by atoms with Crippen molar-refractivity contribution < 1.29 is 4.79 Å². The fraction of sp³-hybridized carbons (Fsp3) is 0.417. The SMILES string of the molecule is Cc1cnc(NC(=O)CCCn2c(C)csc2=O)s1. The summed E-state index contributed by atoms with van der Waals surface area (Å²) >= 11 is 2.65. The number of thiazole rings is 2. The van der Waals surface area contributed by atoms with Crippen LogP contribution in [0.15, 0.2) is 16.4 Å². The number of aromatic nitrogens is 2. The summed E-state index contributed by atoms with van der Waals surface area (Å²) in [5, 5.41) is 5.22. The number of carbonyl (C=O) groups is 1. The molecular formula is C12H15N3O2S2. The first-order valence-corrected chi connectivity index (χ1v) is 7.63. The van der Waals surface area contributed by atoms with Crippen molar-refractivity contribution in [1.29, 1.82) is 0 Å². The van der Waals surface area contributed by atoms with Gasteiger partial charge in [0.15, 0.2) is 5.13 Å². The van der Waals surface area contributed by atoms with E-state index in [0.29, 0.717) is 24.5 Å². The lowest BCUT2D eigenvalue weighted by Gasteiger charge is -2.04. The Labute approximate surface area is 118 Å². The Balaban J connectivity index is 1.80. The van der Waals surface area contributed by atoms with Crippen LogP contribution < -0.4 is 10.2 Å². The molecule has 1 amide bonds. The van der Waals surface area contributed by atoms with Crippen molar-refractivity contribution in [3.63, 3.8) is 0 Å². The molecule has 2 aromatic heterocycles. The highest BCUT2D eigenvalue weighted by molar-refractivity contribution is 7.15. The Bertz CT molecular complexity index is 627. The molecule has 5 nitrogen and oxygen atoms in total. The average molecular weight is 297 g/mol. The molecule has 0 aromatic carbocycles. The number of anilines is 1. The Hall–Kier alpha value is -1.47. The van der Waals surface area contributed by atoms with Crippen LogP contribution in [-0.2, 0) is 11.3 Å². The number of nitrogens with zero attached hydrogens (tertiary/aromatic N) is 2. The number of hydrogen-bond acceptors (Lipinski definition) is 5. The van der Waals surface area contributed by atoms with Crippen molar-refractivity contribution in [2.24, 2.45) is 0 Å². The molecule has 0 bridgehead atoms. The van der Waals surface area contributed by atoms with E-state index in [2.05, 4.69) is 10.3 Å².